The van der Waals surface area contributed by atoms with Gasteiger partial charge in [0.05, 0.1) is 0 Å². The molecule has 0 amide bonds. The monoisotopic (exact) mass is 303 g/mol. The van der Waals surface area contributed by atoms with Crippen LogP contribution in [-0.2, 0) is 6.42 Å². The van der Waals surface area contributed by atoms with Crippen molar-refractivity contribution in [3.63, 3.8) is 0 Å². The molecule has 2 aromatic carbocycles. The molecule has 94 valence electrons. The second-order valence-corrected chi connectivity index (χ2v) is 5.39. The number of aryl methyl sites for hydroxylation is 1. The molecule has 1 nitrogen and oxygen atoms in total. The molecule has 0 aliphatic heterocycles. The van der Waals surface area contributed by atoms with Crippen LogP contribution in [0.25, 0.3) is 0 Å². The van der Waals surface area contributed by atoms with E-state index >= 15 is 0 Å². The van der Waals surface area contributed by atoms with Crippen LogP contribution >= 0.6 is 15.9 Å². The standard InChI is InChI=1S/C16H18BrN/c1-3-13-7-9-14(10-8-13)12(2)18-16-6-4-5-15(17)11-16/h4-12,18H,3H2,1-2H3. The fourth-order valence-electron chi connectivity index (χ4n) is 1.95. The van der Waals surface area contributed by atoms with Gasteiger partial charge in [-0.2, -0.15) is 0 Å². The van der Waals surface area contributed by atoms with Crippen LogP contribution in [0.3, 0.4) is 0 Å². The zero-order valence-electron chi connectivity index (χ0n) is 10.8. The predicted octanol–water partition coefficient (Wildman–Crippen LogP) is 5.18. The summed E-state index contributed by atoms with van der Waals surface area (Å²) in [5.74, 6) is 0. The summed E-state index contributed by atoms with van der Waals surface area (Å²) >= 11 is 3.49. The zero-order valence-corrected chi connectivity index (χ0v) is 12.4. The maximum Gasteiger partial charge on any atom is 0.0485 e. The van der Waals surface area contributed by atoms with Crippen molar-refractivity contribution in [3.8, 4) is 0 Å². The number of hydrogen-bond acceptors (Lipinski definition) is 1. The lowest BCUT2D eigenvalue weighted by Crippen LogP contribution is -2.06. The molecule has 0 radical (unpaired) electrons. The van der Waals surface area contributed by atoms with E-state index in [0.717, 1.165) is 16.6 Å². The SMILES string of the molecule is CCc1ccc(C(C)Nc2cccc(Br)c2)cc1. The Morgan fingerprint density at radius 2 is 1.83 bits per heavy atom. The highest BCUT2D eigenvalue weighted by Crippen LogP contribution is 2.22. The van der Waals surface area contributed by atoms with E-state index in [1.807, 2.05) is 12.1 Å². The van der Waals surface area contributed by atoms with Crippen LogP contribution in [0, 0.1) is 0 Å². The number of hydrogen-bond donors (Lipinski definition) is 1. The molecule has 0 aliphatic rings. The van der Waals surface area contributed by atoms with E-state index < -0.39 is 0 Å². The Labute approximate surface area is 117 Å². The van der Waals surface area contributed by atoms with Gasteiger partial charge in [-0.05, 0) is 42.7 Å². The van der Waals surface area contributed by atoms with Gasteiger partial charge in [-0.3, -0.25) is 0 Å². The molecule has 0 spiro atoms. The van der Waals surface area contributed by atoms with E-state index in [0.29, 0.717) is 6.04 Å². The Morgan fingerprint density at radius 1 is 1.11 bits per heavy atom. The van der Waals surface area contributed by atoms with Crippen molar-refractivity contribution < 1.29 is 0 Å². The van der Waals surface area contributed by atoms with Crippen molar-refractivity contribution >= 4 is 21.6 Å². The average Bonchev–Trinajstić information content (AvgIpc) is 2.39. The molecule has 1 unspecified atom stereocenters. The lowest BCUT2D eigenvalue weighted by molar-refractivity contribution is 0.882. The molecule has 0 aromatic heterocycles. The summed E-state index contributed by atoms with van der Waals surface area (Å²) in [6, 6.07) is 17.4. The van der Waals surface area contributed by atoms with Gasteiger partial charge in [0, 0.05) is 16.2 Å². The lowest BCUT2D eigenvalue weighted by atomic mass is 10.0. The first kappa shape index (κ1) is 13.2. The summed E-state index contributed by atoms with van der Waals surface area (Å²) in [5, 5.41) is 3.51. The highest BCUT2D eigenvalue weighted by Gasteiger charge is 2.05. The summed E-state index contributed by atoms with van der Waals surface area (Å²) in [6.45, 7) is 4.36. The number of anilines is 1. The average molecular weight is 304 g/mol. The van der Waals surface area contributed by atoms with Crippen LogP contribution in [0.1, 0.15) is 31.0 Å². The number of nitrogens with one attached hydrogen (secondary N) is 1. The third kappa shape index (κ3) is 3.36. The first-order valence-electron chi connectivity index (χ1n) is 6.30. The Kier molecular flexibility index (Phi) is 4.43. The van der Waals surface area contributed by atoms with Gasteiger partial charge in [0.1, 0.15) is 0 Å². The van der Waals surface area contributed by atoms with Crippen molar-refractivity contribution in [3.05, 3.63) is 64.1 Å². The van der Waals surface area contributed by atoms with Gasteiger partial charge >= 0.3 is 0 Å². The van der Waals surface area contributed by atoms with Crippen LogP contribution in [-0.4, -0.2) is 0 Å². The molecule has 2 heteroatoms. The van der Waals surface area contributed by atoms with Gasteiger partial charge in [-0.25, -0.2) is 0 Å². The van der Waals surface area contributed by atoms with Crippen molar-refractivity contribution in [1.82, 2.24) is 0 Å². The van der Waals surface area contributed by atoms with Gasteiger partial charge in [-0.1, -0.05) is 53.2 Å². The molecule has 0 saturated heterocycles. The molecule has 1 N–H and O–H groups in total. The maximum absolute atomic E-state index is 3.51. The zero-order chi connectivity index (χ0) is 13.0. The van der Waals surface area contributed by atoms with E-state index in [2.05, 4.69) is 71.5 Å². The van der Waals surface area contributed by atoms with Gasteiger partial charge < -0.3 is 5.32 Å². The van der Waals surface area contributed by atoms with Gasteiger partial charge in [0.2, 0.25) is 0 Å². The molecular formula is C16H18BrN. The molecule has 0 aliphatic carbocycles. The van der Waals surface area contributed by atoms with Gasteiger partial charge in [0.25, 0.3) is 0 Å². The topological polar surface area (TPSA) is 12.0 Å². The summed E-state index contributed by atoms with van der Waals surface area (Å²) in [6.07, 6.45) is 1.09. The van der Waals surface area contributed by atoms with E-state index in [4.69, 9.17) is 0 Å². The molecule has 0 saturated carbocycles. The minimum Gasteiger partial charge on any atom is -0.378 e. The summed E-state index contributed by atoms with van der Waals surface area (Å²) in [7, 11) is 0. The predicted molar refractivity (Wildman–Crippen MR) is 82.0 cm³/mol. The molecular weight excluding hydrogens is 286 g/mol. The third-order valence-electron chi connectivity index (χ3n) is 3.10. The van der Waals surface area contributed by atoms with Crippen molar-refractivity contribution in [2.45, 2.75) is 26.3 Å². The number of benzene rings is 2. The van der Waals surface area contributed by atoms with Crippen molar-refractivity contribution in [2.75, 3.05) is 5.32 Å². The van der Waals surface area contributed by atoms with Crippen molar-refractivity contribution in [2.24, 2.45) is 0 Å². The summed E-state index contributed by atoms with van der Waals surface area (Å²) in [5.41, 5.74) is 3.83. The van der Waals surface area contributed by atoms with Crippen LogP contribution in [0.15, 0.2) is 53.0 Å². The van der Waals surface area contributed by atoms with E-state index in [-0.39, 0.29) is 0 Å². The molecule has 18 heavy (non-hydrogen) atoms. The second-order valence-electron chi connectivity index (χ2n) is 4.47. The normalized spacial score (nSPS) is 12.2. The molecule has 2 aromatic rings. The van der Waals surface area contributed by atoms with Crippen LogP contribution in [0.5, 0.6) is 0 Å². The summed E-state index contributed by atoms with van der Waals surface area (Å²) in [4.78, 5) is 0. The van der Waals surface area contributed by atoms with Gasteiger partial charge in [0.15, 0.2) is 0 Å². The first-order chi connectivity index (χ1) is 8.69. The Hall–Kier alpha value is -1.28. The minimum atomic E-state index is 0.310. The lowest BCUT2D eigenvalue weighted by Gasteiger charge is -2.16. The Morgan fingerprint density at radius 3 is 2.44 bits per heavy atom. The quantitative estimate of drug-likeness (QED) is 0.820. The Bertz CT molecular complexity index is 505. The smallest absolute Gasteiger partial charge is 0.0485 e. The summed E-state index contributed by atoms with van der Waals surface area (Å²) < 4.78 is 1.10. The Balaban J connectivity index is 2.09. The van der Waals surface area contributed by atoms with Crippen LogP contribution < -0.4 is 5.32 Å². The highest BCUT2D eigenvalue weighted by atomic mass is 79.9. The molecule has 2 rings (SSSR count). The van der Waals surface area contributed by atoms with Crippen molar-refractivity contribution in [1.29, 1.82) is 0 Å². The third-order valence-corrected chi connectivity index (χ3v) is 3.59. The van der Waals surface area contributed by atoms with Crippen LogP contribution in [0.4, 0.5) is 5.69 Å². The number of halogens is 1. The maximum atomic E-state index is 3.51. The fraction of sp³-hybridized carbons (Fsp3) is 0.250. The van der Waals surface area contributed by atoms with E-state index in [9.17, 15) is 0 Å². The molecule has 0 fully saturated rings. The molecule has 0 bridgehead atoms. The molecule has 0 heterocycles. The first-order valence-corrected chi connectivity index (χ1v) is 7.09. The van der Waals surface area contributed by atoms with Crippen LogP contribution in [0.2, 0.25) is 0 Å². The fourth-order valence-corrected chi connectivity index (χ4v) is 2.35. The largest absolute Gasteiger partial charge is 0.378 e. The van der Waals surface area contributed by atoms with E-state index in [1.165, 1.54) is 11.1 Å². The minimum absolute atomic E-state index is 0.310. The van der Waals surface area contributed by atoms with E-state index in [1.54, 1.807) is 0 Å². The van der Waals surface area contributed by atoms with Gasteiger partial charge in [-0.15, -0.1) is 0 Å². The second kappa shape index (κ2) is 6.05. The highest BCUT2D eigenvalue weighted by molar-refractivity contribution is 9.10. The molecule has 1 atom stereocenters. The number of rotatable bonds is 4.